The Morgan fingerprint density at radius 2 is 1.72 bits per heavy atom. The highest BCUT2D eigenvalue weighted by Gasteiger charge is 2.39. The predicted octanol–water partition coefficient (Wildman–Crippen LogP) is 4.79. The van der Waals surface area contributed by atoms with Gasteiger partial charge in [0.1, 0.15) is 6.04 Å². The standard InChI is InChI=1S/C20H21ClF6N4O/c1-12-16(21)17(20(25,26)27)28-31(12)13(2)18(32)30-8-6-29(7-9-30)11-14-4-3-5-15(10-14)19(22,23)24/h3-5,10,13H,6-9,11H2,1-2H3. The maximum atomic E-state index is 13.0. The number of hydrogen-bond acceptors (Lipinski definition) is 3. The summed E-state index contributed by atoms with van der Waals surface area (Å²) in [6.07, 6.45) is -9.15. The molecule has 176 valence electrons. The van der Waals surface area contributed by atoms with E-state index < -0.39 is 40.6 Å². The van der Waals surface area contributed by atoms with Gasteiger partial charge < -0.3 is 4.90 Å². The number of hydrogen-bond donors (Lipinski definition) is 0. The van der Waals surface area contributed by atoms with E-state index in [1.165, 1.54) is 24.8 Å². The van der Waals surface area contributed by atoms with E-state index in [1.54, 1.807) is 6.07 Å². The number of nitrogens with zero attached hydrogens (tertiary/aromatic N) is 4. The van der Waals surface area contributed by atoms with Crippen LogP contribution in [0.5, 0.6) is 0 Å². The van der Waals surface area contributed by atoms with Crippen molar-refractivity contribution in [1.29, 1.82) is 0 Å². The van der Waals surface area contributed by atoms with Crippen LogP contribution in [0.3, 0.4) is 0 Å². The highest BCUT2D eigenvalue weighted by Crippen LogP contribution is 2.36. The third-order valence-corrected chi connectivity index (χ3v) is 5.87. The Morgan fingerprint density at radius 3 is 2.25 bits per heavy atom. The van der Waals surface area contributed by atoms with E-state index in [0.29, 0.717) is 38.3 Å². The van der Waals surface area contributed by atoms with Crippen LogP contribution in [0.15, 0.2) is 24.3 Å². The topological polar surface area (TPSA) is 41.4 Å². The number of piperazine rings is 1. The molecule has 0 bridgehead atoms. The molecule has 1 atom stereocenters. The fraction of sp³-hybridized carbons (Fsp3) is 0.500. The van der Waals surface area contributed by atoms with Gasteiger partial charge in [0, 0.05) is 32.7 Å². The van der Waals surface area contributed by atoms with Gasteiger partial charge in [-0.1, -0.05) is 29.8 Å². The molecule has 3 rings (SSSR count). The molecular weight excluding hydrogens is 462 g/mol. The molecule has 1 amide bonds. The molecule has 1 fully saturated rings. The first kappa shape index (κ1) is 24.4. The van der Waals surface area contributed by atoms with Crippen molar-refractivity contribution in [2.75, 3.05) is 26.2 Å². The van der Waals surface area contributed by atoms with Crippen LogP contribution < -0.4 is 0 Å². The summed E-state index contributed by atoms with van der Waals surface area (Å²) in [6.45, 7) is 4.53. The number of benzene rings is 1. The zero-order valence-electron chi connectivity index (χ0n) is 17.3. The number of rotatable bonds is 4. The fourth-order valence-corrected chi connectivity index (χ4v) is 3.89. The van der Waals surface area contributed by atoms with E-state index in [1.807, 2.05) is 4.90 Å². The molecule has 0 spiro atoms. The number of carbonyl (C=O) groups excluding carboxylic acids is 1. The largest absolute Gasteiger partial charge is 0.436 e. The summed E-state index contributed by atoms with van der Waals surface area (Å²) in [5.74, 6) is -0.403. The molecule has 1 aliphatic rings. The van der Waals surface area contributed by atoms with Gasteiger partial charge in [-0.05, 0) is 25.5 Å². The molecule has 1 saturated heterocycles. The lowest BCUT2D eigenvalue weighted by atomic mass is 10.1. The third kappa shape index (κ3) is 5.20. The van der Waals surface area contributed by atoms with Crippen molar-refractivity contribution in [3.05, 3.63) is 51.8 Å². The molecule has 1 unspecified atom stereocenters. The maximum Gasteiger partial charge on any atom is 0.436 e. The van der Waals surface area contributed by atoms with Crippen LogP contribution in [0.4, 0.5) is 26.3 Å². The first-order valence-corrected chi connectivity index (χ1v) is 10.2. The molecule has 0 aliphatic carbocycles. The monoisotopic (exact) mass is 482 g/mol. The molecule has 12 heteroatoms. The summed E-state index contributed by atoms with van der Waals surface area (Å²) in [5, 5.41) is 2.97. The van der Waals surface area contributed by atoms with Crippen molar-refractivity contribution in [2.45, 2.75) is 38.8 Å². The van der Waals surface area contributed by atoms with Crippen molar-refractivity contribution in [2.24, 2.45) is 0 Å². The van der Waals surface area contributed by atoms with Gasteiger partial charge >= 0.3 is 12.4 Å². The molecule has 0 radical (unpaired) electrons. The zero-order valence-corrected chi connectivity index (χ0v) is 18.0. The normalized spacial score (nSPS) is 17.0. The summed E-state index contributed by atoms with van der Waals surface area (Å²) < 4.78 is 78.8. The van der Waals surface area contributed by atoms with Crippen LogP contribution >= 0.6 is 11.6 Å². The van der Waals surface area contributed by atoms with Gasteiger partial charge in [-0.15, -0.1) is 0 Å². The van der Waals surface area contributed by atoms with Gasteiger partial charge in [-0.25, -0.2) is 0 Å². The number of halogens is 7. The van der Waals surface area contributed by atoms with Crippen LogP contribution in [0.2, 0.25) is 5.02 Å². The third-order valence-electron chi connectivity index (χ3n) is 5.41. The van der Waals surface area contributed by atoms with E-state index in [4.69, 9.17) is 11.6 Å². The van der Waals surface area contributed by atoms with Gasteiger partial charge in [0.2, 0.25) is 5.91 Å². The molecule has 0 saturated carbocycles. The molecule has 32 heavy (non-hydrogen) atoms. The molecule has 1 aromatic carbocycles. The Bertz CT molecular complexity index is 979. The van der Waals surface area contributed by atoms with Crippen LogP contribution in [0.1, 0.15) is 35.5 Å². The summed E-state index contributed by atoms with van der Waals surface area (Å²) in [7, 11) is 0. The average Bonchev–Trinajstić information content (AvgIpc) is 3.02. The lowest BCUT2D eigenvalue weighted by Crippen LogP contribution is -2.50. The highest BCUT2D eigenvalue weighted by molar-refractivity contribution is 6.32. The number of aromatic nitrogens is 2. The van der Waals surface area contributed by atoms with Crippen LogP contribution in [-0.4, -0.2) is 51.7 Å². The summed E-state index contributed by atoms with van der Waals surface area (Å²) >= 11 is 5.76. The molecule has 0 N–H and O–H groups in total. The van der Waals surface area contributed by atoms with E-state index in [9.17, 15) is 31.1 Å². The van der Waals surface area contributed by atoms with Crippen molar-refractivity contribution < 1.29 is 31.1 Å². The van der Waals surface area contributed by atoms with Gasteiger partial charge in [-0.3, -0.25) is 14.4 Å². The van der Waals surface area contributed by atoms with Crippen molar-refractivity contribution in [1.82, 2.24) is 19.6 Å². The molecular formula is C20H21ClF6N4O. The number of amides is 1. The minimum atomic E-state index is -4.73. The second-order valence-electron chi connectivity index (χ2n) is 7.67. The van der Waals surface area contributed by atoms with Crippen molar-refractivity contribution >= 4 is 17.5 Å². The first-order chi connectivity index (χ1) is 14.8. The van der Waals surface area contributed by atoms with Gasteiger partial charge in [0.05, 0.1) is 16.3 Å². The van der Waals surface area contributed by atoms with Gasteiger partial charge in [-0.2, -0.15) is 31.4 Å². The van der Waals surface area contributed by atoms with E-state index in [0.717, 1.165) is 16.8 Å². The van der Waals surface area contributed by atoms with Crippen molar-refractivity contribution in [3.63, 3.8) is 0 Å². The van der Waals surface area contributed by atoms with Gasteiger partial charge in [0.15, 0.2) is 5.69 Å². The van der Waals surface area contributed by atoms with E-state index in [-0.39, 0.29) is 5.69 Å². The van der Waals surface area contributed by atoms with Crippen LogP contribution in [-0.2, 0) is 23.7 Å². The summed E-state index contributed by atoms with van der Waals surface area (Å²) in [6, 6.07) is 4.08. The quantitative estimate of drug-likeness (QED) is 0.589. The first-order valence-electron chi connectivity index (χ1n) is 9.78. The average molecular weight is 483 g/mol. The molecule has 2 aromatic rings. The minimum absolute atomic E-state index is 0.0445. The van der Waals surface area contributed by atoms with Crippen molar-refractivity contribution in [3.8, 4) is 0 Å². The number of alkyl halides is 6. The molecule has 2 heterocycles. The van der Waals surface area contributed by atoms with Crippen LogP contribution in [0.25, 0.3) is 0 Å². The minimum Gasteiger partial charge on any atom is -0.338 e. The fourth-order valence-electron chi connectivity index (χ4n) is 3.66. The molecule has 1 aliphatic heterocycles. The van der Waals surface area contributed by atoms with E-state index in [2.05, 4.69) is 5.10 Å². The smallest absolute Gasteiger partial charge is 0.338 e. The Kier molecular flexibility index (Phi) is 6.80. The second-order valence-corrected chi connectivity index (χ2v) is 8.04. The predicted molar refractivity (Wildman–Crippen MR) is 105 cm³/mol. The second kappa shape index (κ2) is 8.93. The van der Waals surface area contributed by atoms with E-state index >= 15 is 0 Å². The lowest BCUT2D eigenvalue weighted by Gasteiger charge is -2.36. The Labute approximate surface area is 185 Å². The van der Waals surface area contributed by atoms with Gasteiger partial charge in [0.25, 0.3) is 0 Å². The highest BCUT2D eigenvalue weighted by atomic mass is 35.5. The molecule has 1 aromatic heterocycles. The Balaban J connectivity index is 1.63. The lowest BCUT2D eigenvalue weighted by molar-refractivity contribution is -0.142. The van der Waals surface area contributed by atoms with Crippen LogP contribution in [0, 0.1) is 6.92 Å². The summed E-state index contributed by atoms with van der Waals surface area (Å²) in [4.78, 5) is 16.3. The zero-order chi connectivity index (χ0) is 23.8. The number of carbonyl (C=O) groups is 1. The SMILES string of the molecule is Cc1c(Cl)c(C(F)(F)F)nn1C(C)C(=O)N1CCN(Cc2cccc(C(F)(F)F)c2)CC1. The Morgan fingerprint density at radius 1 is 1.09 bits per heavy atom. The Hall–Kier alpha value is -2.27. The summed E-state index contributed by atoms with van der Waals surface area (Å²) in [5.41, 5.74) is -1.40. The maximum absolute atomic E-state index is 13.0. The molecule has 5 nitrogen and oxygen atoms in total.